The first-order valence-corrected chi connectivity index (χ1v) is 12.8. The molecule has 2 aromatic carbocycles. The quantitative estimate of drug-likeness (QED) is 0.334. The molecule has 1 saturated heterocycles. The third-order valence-corrected chi connectivity index (χ3v) is 7.31. The number of nitrogens with zero attached hydrogens (tertiary/aromatic N) is 6. The summed E-state index contributed by atoms with van der Waals surface area (Å²) in [5.41, 5.74) is 2.39. The van der Waals surface area contributed by atoms with Crippen molar-refractivity contribution in [3.63, 3.8) is 0 Å². The summed E-state index contributed by atoms with van der Waals surface area (Å²) in [6, 6.07) is 18.3. The van der Waals surface area contributed by atoms with Gasteiger partial charge in [-0.25, -0.2) is 9.78 Å². The van der Waals surface area contributed by atoms with Crippen LogP contribution >= 0.6 is 0 Å². The van der Waals surface area contributed by atoms with Gasteiger partial charge in [0.25, 0.3) is 5.56 Å². The smallest absolute Gasteiger partial charge is 0.332 e. The molecule has 0 saturated carbocycles. The van der Waals surface area contributed by atoms with Crippen LogP contribution < -0.4 is 20.9 Å². The highest BCUT2D eigenvalue weighted by molar-refractivity contribution is 5.69. The molecule has 0 aliphatic carbocycles. The Balaban J connectivity index is 1.35. The summed E-state index contributed by atoms with van der Waals surface area (Å²) < 4.78 is 15.9. The third-order valence-electron chi connectivity index (χ3n) is 7.31. The zero-order valence-electron chi connectivity index (χ0n) is 22.1. The molecule has 10 nitrogen and oxygen atoms in total. The summed E-state index contributed by atoms with van der Waals surface area (Å²) in [7, 11) is 4.81. The van der Waals surface area contributed by atoms with Gasteiger partial charge in [0.1, 0.15) is 5.75 Å². The highest BCUT2D eigenvalue weighted by atomic mass is 16.5. The maximum atomic E-state index is 13.0. The van der Waals surface area contributed by atoms with Gasteiger partial charge in [0.05, 0.1) is 32.7 Å². The zero-order chi connectivity index (χ0) is 26.6. The number of rotatable bonds is 9. The van der Waals surface area contributed by atoms with Gasteiger partial charge in [0, 0.05) is 52.5 Å². The largest absolute Gasteiger partial charge is 0.497 e. The number of anilines is 1. The summed E-state index contributed by atoms with van der Waals surface area (Å²) in [5, 5.41) is 0. The van der Waals surface area contributed by atoms with Gasteiger partial charge < -0.3 is 18.9 Å². The number of benzene rings is 2. The first kappa shape index (κ1) is 25.7. The van der Waals surface area contributed by atoms with E-state index < -0.39 is 0 Å². The Morgan fingerprint density at radius 3 is 2.32 bits per heavy atom. The van der Waals surface area contributed by atoms with Crippen molar-refractivity contribution in [2.24, 2.45) is 14.1 Å². The summed E-state index contributed by atoms with van der Waals surface area (Å²) in [6.45, 7) is 5.02. The third kappa shape index (κ3) is 5.23. The van der Waals surface area contributed by atoms with E-state index in [0.717, 1.165) is 42.1 Å². The monoisotopic (exact) mass is 518 g/mol. The fourth-order valence-corrected chi connectivity index (χ4v) is 5.06. The van der Waals surface area contributed by atoms with E-state index >= 15 is 0 Å². The highest BCUT2D eigenvalue weighted by Crippen LogP contribution is 2.22. The van der Waals surface area contributed by atoms with Crippen LogP contribution in [0, 0.1) is 0 Å². The van der Waals surface area contributed by atoms with Gasteiger partial charge in [-0.3, -0.25) is 18.8 Å². The first-order chi connectivity index (χ1) is 18.5. The van der Waals surface area contributed by atoms with E-state index in [1.807, 2.05) is 34.9 Å². The molecule has 0 spiro atoms. The lowest BCUT2D eigenvalue weighted by molar-refractivity contribution is 0.0407. The fourth-order valence-electron chi connectivity index (χ4n) is 5.06. The molecular formula is C28H34N6O4. The fraction of sp³-hybridized carbons (Fsp3) is 0.393. The first-order valence-electron chi connectivity index (χ1n) is 12.8. The highest BCUT2D eigenvalue weighted by Gasteiger charge is 2.26. The average molecular weight is 519 g/mol. The average Bonchev–Trinajstić information content (AvgIpc) is 3.39. The molecule has 200 valence electrons. The van der Waals surface area contributed by atoms with Crippen LogP contribution in [0.15, 0.2) is 70.5 Å². The van der Waals surface area contributed by atoms with Crippen molar-refractivity contribution >= 4 is 16.9 Å². The van der Waals surface area contributed by atoms with Gasteiger partial charge >= 0.3 is 5.69 Å². The number of hydrogen-bond donors (Lipinski definition) is 0. The number of imidazole rings is 1. The van der Waals surface area contributed by atoms with E-state index in [1.54, 1.807) is 20.5 Å². The van der Waals surface area contributed by atoms with Crippen molar-refractivity contribution in [3.8, 4) is 5.75 Å². The van der Waals surface area contributed by atoms with E-state index in [-0.39, 0.29) is 17.3 Å². The SMILES string of the molecule is COc1ccc(N2CCN(C(COCc3ccccc3)Cn3cnc4c3c(=O)n(C)c(=O)n4C)CC2)cc1. The predicted octanol–water partition coefficient (Wildman–Crippen LogP) is 1.85. The van der Waals surface area contributed by atoms with E-state index in [0.29, 0.717) is 30.9 Å². The number of piperazine rings is 1. The van der Waals surface area contributed by atoms with Crippen molar-refractivity contribution < 1.29 is 9.47 Å². The lowest BCUT2D eigenvalue weighted by Gasteiger charge is -2.40. The van der Waals surface area contributed by atoms with Gasteiger partial charge in [-0.05, 0) is 29.8 Å². The Kier molecular flexibility index (Phi) is 7.62. The van der Waals surface area contributed by atoms with Crippen molar-refractivity contribution in [1.82, 2.24) is 23.6 Å². The maximum Gasteiger partial charge on any atom is 0.332 e. The zero-order valence-corrected chi connectivity index (χ0v) is 22.1. The Morgan fingerprint density at radius 2 is 1.63 bits per heavy atom. The molecule has 0 N–H and O–H groups in total. The van der Waals surface area contributed by atoms with Crippen LogP contribution in [0.4, 0.5) is 5.69 Å². The van der Waals surface area contributed by atoms with Crippen molar-refractivity contribution in [2.75, 3.05) is 44.8 Å². The molecule has 1 atom stereocenters. The molecular weight excluding hydrogens is 484 g/mol. The molecule has 0 amide bonds. The molecule has 5 rings (SSSR count). The Morgan fingerprint density at radius 1 is 0.921 bits per heavy atom. The summed E-state index contributed by atoms with van der Waals surface area (Å²) in [4.78, 5) is 34.6. The van der Waals surface area contributed by atoms with Gasteiger partial charge in [-0.15, -0.1) is 0 Å². The van der Waals surface area contributed by atoms with Gasteiger partial charge in [0.15, 0.2) is 11.2 Å². The maximum absolute atomic E-state index is 13.0. The molecule has 1 unspecified atom stereocenters. The molecule has 1 aliphatic heterocycles. The van der Waals surface area contributed by atoms with E-state index in [4.69, 9.17) is 9.47 Å². The lowest BCUT2D eigenvalue weighted by atomic mass is 10.2. The van der Waals surface area contributed by atoms with Crippen LogP contribution in [0.3, 0.4) is 0 Å². The van der Waals surface area contributed by atoms with Crippen LogP contribution in [0.5, 0.6) is 5.75 Å². The summed E-state index contributed by atoms with van der Waals surface area (Å²) >= 11 is 0. The van der Waals surface area contributed by atoms with Crippen LogP contribution in [0.2, 0.25) is 0 Å². The number of aromatic nitrogens is 4. The van der Waals surface area contributed by atoms with Crippen LogP contribution in [-0.4, -0.2) is 69.5 Å². The van der Waals surface area contributed by atoms with Crippen LogP contribution in [0.25, 0.3) is 11.2 Å². The van der Waals surface area contributed by atoms with Gasteiger partial charge in [0.2, 0.25) is 0 Å². The molecule has 0 radical (unpaired) electrons. The Hall–Kier alpha value is -3.89. The second-order valence-corrected chi connectivity index (χ2v) is 9.65. The van der Waals surface area contributed by atoms with Crippen molar-refractivity contribution in [3.05, 3.63) is 87.3 Å². The van der Waals surface area contributed by atoms with Gasteiger partial charge in [-0.1, -0.05) is 30.3 Å². The van der Waals surface area contributed by atoms with E-state index in [1.165, 1.54) is 17.3 Å². The van der Waals surface area contributed by atoms with E-state index in [2.05, 4.69) is 39.0 Å². The second-order valence-electron chi connectivity index (χ2n) is 9.65. The molecule has 1 fully saturated rings. The summed E-state index contributed by atoms with van der Waals surface area (Å²) in [5.74, 6) is 0.846. The minimum Gasteiger partial charge on any atom is -0.497 e. The Bertz CT molecular complexity index is 1480. The standard InChI is InChI=1S/C28H34N6O4/c1-30-26-25(27(35)31(2)28(30)36)34(20-29-26)17-23(19-38-18-21-7-5-4-6-8-21)33-15-13-32(14-16-33)22-9-11-24(37-3)12-10-22/h4-12,20,23H,13-19H2,1-3H3. The minimum atomic E-state index is -0.384. The molecule has 4 aromatic rings. The number of aryl methyl sites for hydroxylation is 1. The number of methoxy groups -OCH3 is 1. The number of hydrogen-bond acceptors (Lipinski definition) is 7. The van der Waals surface area contributed by atoms with Crippen LogP contribution in [0.1, 0.15) is 5.56 Å². The second kappa shape index (κ2) is 11.2. The minimum absolute atomic E-state index is 0.0241. The normalized spacial score (nSPS) is 15.2. The molecule has 0 bridgehead atoms. The van der Waals surface area contributed by atoms with E-state index in [9.17, 15) is 9.59 Å². The molecule has 38 heavy (non-hydrogen) atoms. The topological polar surface area (TPSA) is 86.8 Å². The molecule has 10 heteroatoms. The van der Waals surface area contributed by atoms with Gasteiger partial charge in [-0.2, -0.15) is 0 Å². The number of ether oxygens (including phenoxy) is 2. The molecule has 2 aromatic heterocycles. The molecule has 3 heterocycles. The Labute approximate surface area is 221 Å². The van der Waals surface area contributed by atoms with Crippen molar-refractivity contribution in [1.29, 1.82) is 0 Å². The number of fused-ring (bicyclic) bond motifs is 1. The lowest BCUT2D eigenvalue weighted by Crippen LogP contribution is -2.53. The molecule has 1 aliphatic rings. The predicted molar refractivity (Wildman–Crippen MR) is 147 cm³/mol. The van der Waals surface area contributed by atoms with Crippen molar-refractivity contribution in [2.45, 2.75) is 19.2 Å². The summed E-state index contributed by atoms with van der Waals surface area (Å²) in [6.07, 6.45) is 1.66. The van der Waals surface area contributed by atoms with Crippen LogP contribution in [-0.2, 0) is 32.0 Å².